The van der Waals surface area contributed by atoms with Crippen LogP contribution in [-0.2, 0) is 18.3 Å². The first-order valence-electron chi connectivity index (χ1n) is 6.05. The zero-order chi connectivity index (χ0) is 12.3. The van der Waals surface area contributed by atoms with Crippen LogP contribution in [0.3, 0.4) is 0 Å². The average molecular weight is 237 g/mol. The summed E-state index contributed by atoms with van der Waals surface area (Å²) < 4.78 is 2.05. The molecule has 0 bridgehead atoms. The van der Waals surface area contributed by atoms with E-state index >= 15 is 0 Å². The maximum absolute atomic E-state index is 11.3. The molecule has 17 heavy (non-hydrogen) atoms. The fourth-order valence-electron chi connectivity index (χ4n) is 2.34. The number of hydrogen-bond donors (Lipinski definition) is 1. The van der Waals surface area contributed by atoms with Crippen LogP contribution >= 0.6 is 0 Å². The highest BCUT2D eigenvalue weighted by Gasteiger charge is 2.23. The number of imidazole rings is 1. The van der Waals surface area contributed by atoms with Crippen LogP contribution in [0.4, 0.5) is 0 Å². The highest BCUT2D eigenvalue weighted by atomic mass is 16.3. The van der Waals surface area contributed by atoms with Crippen molar-refractivity contribution in [3.05, 3.63) is 18.2 Å². The maximum atomic E-state index is 11.3. The Hall–Kier alpha value is -1.36. The van der Waals surface area contributed by atoms with Crippen molar-refractivity contribution in [1.82, 2.24) is 14.5 Å². The summed E-state index contributed by atoms with van der Waals surface area (Å²) in [5.41, 5.74) is 0. The number of carbonyl (C=O) groups excluding carboxylic acids is 1. The van der Waals surface area contributed by atoms with Crippen molar-refractivity contribution in [2.45, 2.75) is 19.3 Å². The molecule has 1 aliphatic heterocycles. The van der Waals surface area contributed by atoms with Crippen LogP contribution < -0.4 is 0 Å². The molecule has 1 aromatic rings. The van der Waals surface area contributed by atoms with Gasteiger partial charge >= 0.3 is 0 Å². The van der Waals surface area contributed by atoms with Gasteiger partial charge in [-0.25, -0.2) is 4.98 Å². The predicted octanol–water partition coefficient (Wildman–Crippen LogP) is 0.193. The smallest absolute Gasteiger partial charge is 0.248 e. The Bertz CT molecular complexity index is 381. The van der Waals surface area contributed by atoms with Crippen molar-refractivity contribution in [2.24, 2.45) is 13.0 Å². The molecular formula is C12H19N3O2. The van der Waals surface area contributed by atoms with E-state index in [0.717, 1.165) is 38.2 Å². The molecule has 0 aliphatic carbocycles. The Kier molecular flexibility index (Phi) is 3.78. The van der Waals surface area contributed by atoms with Crippen LogP contribution in [0.1, 0.15) is 18.7 Å². The predicted molar refractivity (Wildman–Crippen MR) is 63.3 cm³/mol. The van der Waals surface area contributed by atoms with Gasteiger partial charge in [-0.05, 0) is 18.8 Å². The molecule has 0 atom stereocenters. The molecule has 0 aromatic carbocycles. The fourth-order valence-corrected chi connectivity index (χ4v) is 2.34. The lowest BCUT2D eigenvalue weighted by molar-refractivity contribution is -0.135. The minimum atomic E-state index is -0.371. The van der Waals surface area contributed by atoms with Gasteiger partial charge in [-0.1, -0.05) is 0 Å². The van der Waals surface area contributed by atoms with Gasteiger partial charge in [0.25, 0.3) is 0 Å². The summed E-state index contributed by atoms with van der Waals surface area (Å²) in [6.45, 7) is 1.15. The van der Waals surface area contributed by atoms with Crippen molar-refractivity contribution < 1.29 is 9.90 Å². The lowest BCUT2D eigenvalue weighted by Gasteiger charge is -2.31. The normalized spacial score (nSPS) is 17.4. The van der Waals surface area contributed by atoms with Gasteiger partial charge in [-0.15, -0.1) is 0 Å². The third kappa shape index (κ3) is 2.85. The molecule has 0 spiro atoms. The molecule has 1 saturated heterocycles. The second-order valence-corrected chi connectivity index (χ2v) is 4.64. The zero-order valence-corrected chi connectivity index (χ0v) is 10.2. The van der Waals surface area contributed by atoms with Crippen molar-refractivity contribution in [2.75, 3.05) is 19.7 Å². The Morgan fingerprint density at radius 3 is 2.76 bits per heavy atom. The van der Waals surface area contributed by atoms with Gasteiger partial charge in [0.05, 0.1) is 0 Å². The maximum Gasteiger partial charge on any atom is 0.248 e. The van der Waals surface area contributed by atoms with E-state index in [2.05, 4.69) is 4.98 Å². The number of carbonyl (C=O) groups is 1. The van der Waals surface area contributed by atoms with E-state index in [0.29, 0.717) is 5.92 Å². The van der Waals surface area contributed by atoms with E-state index in [9.17, 15) is 4.79 Å². The first-order valence-corrected chi connectivity index (χ1v) is 6.05. The topological polar surface area (TPSA) is 58.4 Å². The molecule has 1 aromatic heterocycles. The number of nitrogens with zero attached hydrogens (tertiary/aromatic N) is 3. The second kappa shape index (κ2) is 5.31. The molecule has 1 fully saturated rings. The summed E-state index contributed by atoms with van der Waals surface area (Å²) in [4.78, 5) is 17.4. The largest absolute Gasteiger partial charge is 0.387 e. The number of aliphatic hydroxyl groups is 1. The first-order chi connectivity index (χ1) is 8.20. The summed E-state index contributed by atoms with van der Waals surface area (Å²) in [6.07, 6.45) is 6.75. The van der Waals surface area contributed by atoms with E-state index < -0.39 is 0 Å². The number of hydrogen-bond acceptors (Lipinski definition) is 3. The number of amides is 1. The fraction of sp³-hybridized carbons (Fsp3) is 0.667. The van der Waals surface area contributed by atoms with Crippen molar-refractivity contribution in [3.8, 4) is 0 Å². The molecule has 5 heteroatoms. The van der Waals surface area contributed by atoms with E-state index in [1.54, 1.807) is 4.90 Å². The van der Waals surface area contributed by atoms with Crippen LogP contribution in [0.2, 0.25) is 0 Å². The van der Waals surface area contributed by atoms with Crippen molar-refractivity contribution in [1.29, 1.82) is 0 Å². The van der Waals surface area contributed by atoms with Gasteiger partial charge in [-0.3, -0.25) is 4.79 Å². The third-order valence-corrected chi connectivity index (χ3v) is 3.49. The number of piperidine rings is 1. The molecule has 0 unspecified atom stereocenters. The van der Waals surface area contributed by atoms with Gasteiger partial charge in [0, 0.05) is 39.0 Å². The molecule has 94 valence electrons. The van der Waals surface area contributed by atoms with Gasteiger partial charge < -0.3 is 14.6 Å². The average Bonchev–Trinajstić information content (AvgIpc) is 2.75. The third-order valence-electron chi connectivity index (χ3n) is 3.49. The summed E-state index contributed by atoms with van der Waals surface area (Å²) in [7, 11) is 2.01. The second-order valence-electron chi connectivity index (χ2n) is 4.64. The standard InChI is InChI=1S/C12H19N3O2/c1-14-7-4-13-11(14)8-10-2-5-15(6-3-10)12(17)9-16/h4,7,10,16H,2-3,5-6,8-9H2,1H3. The number of rotatable bonds is 3. The van der Waals surface area contributed by atoms with Crippen LogP contribution in [0.25, 0.3) is 0 Å². The molecule has 1 amide bonds. The monoisotopic (exact) mass is 237 g/mol. The highest BCUT2D eigenvalue weighted by Crippen LogP contribution is 2.20. The Morgan fingerprint density at radius 1 is 1.53 bits per heavy atom. The molecule has 5 nitrogen and oxygen atoms in total. The molecular weight excluding hydrogens is 218 g/mol. The molecule has 0 saturated carbocycles. The van der Waals surface area contributed by atoms with Gasteiger partial charge in [0.1, 0.15) is 12.4 Å². The summed E-state index contributed by atoms with van der Waals surface area (Å²) in [6, 6.07) is 0. The number of likely N-dealkylation sites (tertiary alicyclic amines) is 1. The summed E-state index contributed by atoms with van der Waals surface area (Å²) in [5.74, 6) is 1.55. The van der Waals surface area contributed by atoms with Gasteiger partial charge in [0.15, 0.2) is 0 Å². The number of aliphatic hydroxyl groups excluding tert-OH is 1. The zero-order valence-electron chi connectivity index (χ0n) is 10.2. The van der Waals surface area contributed by atoms with Gasteiger partial charge in [-0.2, -0.15) is 0 Å². The Balaban J connectivity index is 1.83. The van der Waals surface area contributed by atoms with Crippen LogP contribution in [0.15, 0.2) is 12.4 Å². The summed E-state index contributed by atoms with van der Waals surface area (Å²) >= 11 is 0. The van der Waals surface area contributed by atoms with E-state index in [-0.39, 0.29) is 12.5 Å². The molecule has 1 aliphatic rings. The van der Waals surface area contributed by atoms with Crippen LogP contribution in [0.5, 0.6) is 0 Å². The lowest BCUT2D eigenvalue weighted by atomic mass is 9.93. The quantitative estimate of drug-likeness (QED) is 0.816. The molecule has 0 radical (unpaired) electrons. The highest BCUT2D eigenvalue weighted by molar-refractivity contribution is 5.77. The van der Waals surface area contributed by atoms with Crippen molar-refractivity contribution in [3.63, 3.8) is 0 Å². The Morgan fingerprint density at radius 2 is 2.24 bits per heavy atom. The number of aryl methyl sites for hydroxylation is 1. The molecule has 2 heterocycles. The van der Waals surface area contributed by atoms with Crippen molar-refractivity contribution >= 4 is 5.91 Å². The minimum Gasteiger partial charge on any atom is -0.387 e. The minimum absolute atomic E-state index is 0.152. The van der Waals surface area contributed by atoms with Gasteiger partial charge in [0.2, 0.25) is 5.91 Å². The molecule has 1 N–H and O–H groups in total. The number of aromatic nitrogens is 2. The van der Waals surface area contributed by atoms with Crippen LogP contribution in [0, 0.1) is 5.92 Å². The van der Waals surface area contributed by atoms with Crippen LogP contribution in [-0.4, -0.2) is 45.2 Å². The Labute approximate surface area is 101 Å². The first kappa shape index (κ1) is 12.1. The summed E-state index contributed by atoms with van der Waals surface area (Å²) in [5, 5.41) is 8.79. The van der Waals surface area contributed by atoms with E-state index in [1.807, 2.05) is 24.0 Å². The van der Waals surface area contributed by atoms with E-state index in [4.69, 9.17) is 5.11 Å². The SMILES string of the molecule is Cn1ccnc1CC1CCN(C(=O)CO)CC1. The lowest BCUT2D eigenvalue weighted by Crippen LogP contribution is -2.40. The molecule has 2 rings (SSSR count). The van der Waals surface area contributed by atoms with E-state index in [1.165, 1.54) is 0 Å².